The average molecular weight is 427 g/mol. The first-order chi connectivity index (χ1) is 14.8. The Kier molecular flexibility index (Phi) is 12.3. The first-order valence-corrected chi connectivity index (χ1v) is 10.7. The van der Waals surface area contributed by atoms with E-state index < -0.39 is 0 Å². The van der Waals surface area contributed by atoms with E-state index in [0.29, 0.717) is 13.0 Å². The van der Waals surface area contributed by atoms with Crippen LogP contribution in [0.4, 0.5) is 0 Å². The van der Waals surface area contributed by atoms with Crippen LogP contribution in [0.15, 0.2) is 88.8 Å². The summed E-state index contributed by atoms with van der Waals surface area (Å²) in [5.74, 6) is 1.49. The molecule has 0 aromatic heterocycles. The normalized spacial score (nSPS) is 18.7. The number of rotatable bonds is 12. The van der Waals surface area contributed by atoms with Gasteiger partial charge in [-0.2, -0.15) is 0 Å². The van der Waals surface area contributed by atoms with Crippen LogP contribution in [0.25, 0.3) is 0 Å². The largest absolute Gasteiger partial charge is 0.462 e. The first kappa shape index (κ1) is 26.4. The number of nitrogens with zero attached hydrogens (tertiary/aromatic N) is 1. The van der Waals surface area contributed by atoms with Gasteiger partial charge in [-0.25, -0.2) is 0 Å². The molecular weight excluding hydrogens is 388 g/mol. The summed E-state index contributed by atoms with van der Waals surface area (Å²) in [6.07, 6.45) is 14.5. The lowest BCUT2D eigenvalue weighted by Gasteiger charge is -2.21. The smallest absolute Gasteiger partial charge is 0.122 e. The van der Waals surface area contributed by atoms with Gasteiger partial charge in [0.15, 0.2) is 0 Å². The molecule has 5 heteroatoms. The lowest BCUT2D eigenvalue weighted by Crippen LogP contribution is -2.27. The zero-order valence-corrected chi connectivity index (χ0v) is 19.9. The highest BCUT2D eigenvalue weighted by Gasteiger charge is 2.18. The third-order valence-electron chi connectivity index (χ3n) is 4.67. The Balaban J connectivity index is 2.84. The minimum Gasteiger partial charge on any atom is -0.462 e. The van der Waals surface area contributed by atoms with Crippen molar-refractivity contribution < 1.29 is 14.2 Å². The van der Waals surface area contributed by atoms with Gasteiger partial charge in [-0.3, -0.25) is 4.99 Å². The fourth-order valence-electron chi connectivity index (χ4n) is 2.64. The van der Waals surface area contributed by atoms with Crippen LogP contribution >= 0.6 is 0 Å². The molecule has 0 bridgehead atoms. The van der Waals surface area contributed by atoms with Gasteiger partial charge < -0.3 is 19.5 Å². The van der Waals surface area contributed by atoms with Crippen LogP contribution in [-0.2, 0) is 14.2 Å². The van der Waals surface area contributed by atoms with Crippen molar-refractivity contribution >= 4 is 6.21 Å². The standard InChI is InChI=1S/C26H38N2O3/c1-9-16-30-26(22(7)29-8)18-25-19(4)17-24(14-15-27-25)31-23(11-3)13-12-21(6)28-20(5)10-2/h10-15,18,22,26,28H,4,6,9,16-17H2,1-3,5,7-8H3/b13-12-,20-10+,23-11+,25-18+. The van der Waals surface area contributed by atoms with Crippen molar-refractivity contribution in [2.45, 2.75) is 59.7 Å². The Labute approximate surface area is 188 Å². The van der Waals surface area contributed by atoms with Gasteiger partial charge in [-0.1, -0.05) is 26.2 Å². The maximum absolute atomic E-state index is 6.08. The van der Waals surface area contributed by atoms with Gasteiger partial charge >= 0.3 is 0 Å². The number of nitrogens with one attached hydrogen (secondary N) is 1. The number of aliphatic imine (C=N–C) groups is 1. The quantitative estimate of drug-likeness (QED) is 0.302. The van der Waals surface area contributed by atoms with Gasteiger partial charge in [0, 0.05) is 37.7 Å². The molecule has 1 rings (SSSR count). The summed E-state index contributed by atoms with van der Waals surface area (Å²) in [6.45, 7) is 18.8. The van der Waals surface area contributed by atoms with E-state index in [2.05, 4.69) is 30.4 Å². The highest BCUT2D eigenvalue weighted by Crippen LogP contribution is 2.25. The van der Waals surface area contributed by atoms with E-state index >= 15 is 0 Å². The van der Waals surface area contributed by atoms with E-state index in [-0.39, 0.29) is 12.2 Å². The fourth-order valence-corrected chi connectivity index (χ4v) is 2.64. The van der Waals surface area contributed by atoms with Crippen LogP contribution in [0.3, 0.4) is 0 Å². The van der Waals surface area contributed by atoms with Gasteiger partial charge in [-0.15, -0.1) is 0 Å². The summed E-state index contributed by atoms with van der Waals surface area (Å²) in [5, 5.41) is 3.20. The molecule has 1 aliphatic heterocycles. The summed E-state index contributed by atoms with van der Waals surface area (Å²) >= 11 is 0. The molecule has 0 radical (unpaired) electrons. The lowest BCUT2D eigenvalue weighted by atomic mass is 10.1. The van der Waals surface area contributed by atoms with Gasteiger partial charge in [0.1, 0.15) is 17.6 Å². The second kappa shape index (κ2) is 14.4. The van der Waals surface area contributed by atoms with Crippen LogP contribution in [0.1, 0.15) is 47.5 Å². The Morgan fingerprint density at radius 1 is 1.29 bits per heavy atom. The first-order valence-electron chi connectivity index (χ1n) is 10.7. The van der Waals surface area contributed by atoms with Crippen molar-refractivity contribution in [1.82, 2.24) is 5.32 Å². The molecular formula is C26H38N2O3. The molecule has 2 unspecified atom stereocenters. The molecule has 0 aromatic rings. The van der Waals surface area contributed by atoms with E-state index in [0.717, 1.165) is 40.6 Å². The van der Waals surface area contributed by atoms with Gasteiger partial charge in [-0.05, 0) is 70.1 Å². The Morgan fingerprint density at radius 2 is 2.03 bits per heavy atom. The molecule has 0 fully saturated rings. The van der Waals surface area contributed by atoms with Crippen molar-refractivity contribution in [2.75, 3.05) is 13.7 Å². The third-order valence-corrected chi connectivity index (χ3v) is 4.67. The molecule has 0 spiro atoms. The molecule has 1 heterocycles. The molecule has 1 aliphatic rings. The number of methoxy groups -OCH3 is 1. The number of hydrogen-bond donors (Lipinski definition) is 1. The van der Waals surface area contributed by atoms with Crippen LogP contribution in [0.2, 0.25) is 0 Å². The molecule has 0 amide bonds. The summed E-state index contributed by atoms with van der Waals surface area (Å²) in [6, 6.07) is 0. The maximum Gasteiger partial charge on any atom is 0.122 e. The molecule has 5 nitrogen and oxygen atoms in total. The van der Waals surface area contributed by atoms with Crippen molar-refractivity contribution in [1.29, 1.82) is 0 Å². The van der Waals surface area contributed by atoms with E-state index in [1.54, 1.807) is 13.3 Å². The fraction of sp³-hybridized carbons (Fsp3) is 0.423. The van der Waals surface area contributed by atoms with E-state index in [1.165, 1.54) is 0 Å². The summed E-state index contributed by atoms with van der Waals surface area (Å²) in [5.41, 5.74) is 3.48. The summed E-state index contributed by atoms with van der Waals surface area (Å²) in [4.78, 5) is 4.55. The predicted molar refractivity (Wildman–Crippen MR) is 131 cm³/mol. The van der Waals surface area contributed by atoms with Crippen LogP contribution in [0.5, 0.6) is 0 Å². The molecule has 1 N–H and O–H groups in total. The number of allylic oxidation sites excluding steroid dienone is 8. The van der Waals surface area contributed by atoms with Crippen LogP contribution < -0.4 is 5.32 Å². The molecule has 170 valence electrons. The Bertz CT molecular complexity index is 797. The van der Waals surface area contributed by atoms with Crippen LogP contribution in [0, 0.1) is 0 Å². The van der Waals surface area contributed by atoms with Crippen molar-refractivity contribution in [3.63, 3.8) is 0 Å². The molecule has 0 saturated carbocycles. The third kappa shape index (κ3) is 9.81. The van der Waals surface area contributed by atoms with E-state index in [1.807, 2.05) is 64.2 Å². The van der Waals surface area contributed by atoms with Crippen LogP contribution in [-0.4, -0.2) is 32.1 Å². The van der Waals surface area contributed by atoms with Crippen molar-refractivity contribution in [3.05, 3.63) is 83.8 Å². The van der Waals surface area contributed by atoms with Crippen molar-refractivity contribution in [2.24, 2.45) is 4.99 Å². The second-order valence-electron chi connectivity index (χ2n) is 7.27. The minimum absolute atomic E-state index is 0.0818. The monoisotopic (exact) mass is 426 g/mol. The van der Waals surface area contributed by atoms with Gasteiger partial charge in [0.25, 0.3) is 0 Å². The van der Waals surface area contributed by atoms with Crippen molar-refractivity contribution in [3.8, 4) is 0 Å². The summed E-state index contributed by atoms with van der Waals surface area (Å²) in [7, 11) is 1.68. The summed E-state index contributed by atoms with van der Waals surface area (Å²) < 4.78 is 17.5. The van der Waals surface area contributed by atoms with Gasteiger partial charge in [0.05, 0.1) is 11.8 Å². The highest BCUT2D eigenvalue weighted by atomic mass is 16.5. The minimum atomic E-state index is -0.190. The predicted octanol–water partition coefficient (Wildman–Crippen LogP) is 6.12. The maximum atomic E-state index is 6.08. The van der Waals surface area contributed by atoms with Gasteiger partial charge in [0.2, 0.25) is 0 Å². The zero-order chi connectivity index (χ0) is 23.2. The number of hydrogen-bond acceptors (Lipinski definition) is 5. The Morgan fingerprint density at radius 3 is 2.65 bits per heavy atom. The highest BCUT2D eigenvalue weighted by molar-refractivity contribution is 5.75. The molecule has 31 heavy (non-hydrogen) atoms. The van der Waals surface area contributed by atoms with E-state index in [4.69, 9.17) is 14.2 Å². The zero-order valence-electron chi connectivity index (χ0n) is 19.9. The molecule has 0 saturated heterocycles. The molecule has 0 aliphatic carbocycles. The SMILES string of the molecule is C=C(/C=C\C(=C/C)OC1=CC=N/C(=C/C(OCCC)C(C)OC)C(=C)C1)N/C(C)=C/C. The number of ether oxygens (including phenoxy) is 3. The molecule has 2 atom stereocenters. The topological polar surface area (TPSA) is 52.1 Å². The lowest BCUT2D eigenvalue weighted by molar-refractivity contribution is -0.0231. The molecule has 0 aromatic carbocycles. The average Bonchev–Trinajstić information content (AvgIpc) is 2.93. The van der Waals surface area contributed by atoms with E-state index in [9.17, 15) is 0 Å². The Hall–Kier alpha value is -2.63. The second-order valence-corrected chi connectivity index (χ2v) is 7.27.